The Labute approximate surface area is 182 Å². The highest BCUT2D eigenvalue weighted by Gasteiger charge is 2.35. The Morgan fingerprint density at radius 1 is 1.23 bits per heavy atom. The number of nitrogens with one attached hydrogen (secondary N) is 1. The van der Waals surface area contributed by atoms with Gasteiger partial charge in [0.15, 0.2) is 5.13 Å². The van der Waals surface area contributed by atoms with E-state index in [1.165, 1.54) is 28.7 Å². The first kappa shape index (κ1) is 21.6. The summed E-state index contributed by atoms with van der Waals surface area (Å²) in [6, 6.07) is 2.26. The SMILES string of the molecule is O=C(Nc1nc(-c2sc(CO)nc2CO)cs1)C1CN(c2ccc(C(F)(F)F)cn2)C1. The van der Waals surface area contributed by atoms with Gasteiger partial charge >= 0.3 is 6.18 Å². The standard InChI is InChI=1S/C18H16F3N5O3S2/c19-18(20,21)10-1-2-13(22-3-10)26-4-9(5-26)16(29)25-17-24-12(8-30-17)15-11(6-27)23-14(7-28)31-15/h1-3,8-9,27-28H,4-7H2,(H,24,25,29). The molecule has 1 saturated heterocycles. The highest BCUT2D eigenvalue weighted by Crippen LogP contribution is 2.34. The van der Waals surface area contributed by atoms with E-state index in [0.29, 0.717) is 45.3 Å². The third-order valence-corrected chi connectivity index (χ3v) is 6.51. The summed E-state index contributed by atoms with van der Waals surface area (Å²) >= 11 is 2.44. The zero-order valence-electron chi connectivity index (χ0n) is 15.8. The molecule has 0 atom stereocenters. The van der Waals surface area contributed by atoms with Crippen LogP contribution in [0.4, 0.5) is 24.1 Å². The second-order valence-electron chi connectivity index (χ2n) is 6.73. The molecule has 3 N–H and O–H groups in total. The van der Waals surface area contributed by atoms with Crippen LogP contribution in [-0.2, 0) is 24.2 Å². The summed E-state index contributed by atoms with van der Waals surface area (Å²) in [7, 11) is 0. The molecule has 31 heavy (non-hydrogen) atoms. The molecule has 4 rings (SSSR count). The van der Waals surface area contributed by atoms with Crippen molar-refractivity contribution in [3.63, 3.8) is 0 Å². The van der Waals surface area contributed by atoms with Crippen LogP contribution in [0.3, 0.4) is 0 Å². The topological polar surface area (TPSA) is 111 Å². The number of carbonyl (C=O) groups is 1. The molecule has 1 fully saturated rings. The predicted octanol–water partition coefficient (Wildman–Crippen LogP) is 2.74. The van der Waals surface area contributed by atoms with Crippen molar-refractivity contribution in [1.29, 1.82) is 0 Å². The van der Waals surface area contributed by atoms with E-state index in [0.717, 1.165) is 12.3 Å². The van der Waals surface area contributed by atoms with Gasteiger partial charge in [-0.2, -0.15) is 13.2 Å². The van der Waals surface area contributed by atoms with Gasteiger partial charge in [-0.15, -0.1) is 22.7 Å². The Kier molecular flexibility index (Phi) is 5.92. The van der Waals surface area contributed by atoms with E-state index >= 15 is 0 Å². The van der Waals surface area contributed by atoms with Gasteiger partial charge in [0.05, 0.1) is 41.0 Å². The molecule has 4 heterocycles. The average molecular weight is 471 g/mol. The molecular formula is C18H16F3N5O3S2. The Hall–Kier alpha value is -2.61. The van der Waals surface area contributed by atoms with E-state index in [-0.39, 0.29) is 25.0 Å². The quantitative estimate of drug-likeness (QED) is 0.507. The maximum Gasteiger partial charge on any atom is 0.417 e. The largest absolute Gasteiger partial charge is 0.417 e. The third-order valence-electron chi connectivity index (χ3n) is 4.65. The summed E-state index contributed by atoms with van der Waals surface area (Å²) in [4.78, 5) is 27.1. The van der Waals surface area contributed by atoms with Gasteiger partial charge in [-0.3, -0.25) is 4.79 Å². The number of aliphatic hydroxyl groups is 2. The van der Waals surface area contributed by atoms with Crippen LogP contribution in [-0.4, -0.2) is 44.2 Å². The molecule has 13 heteroatoms. The number of anilines is 2. The molecule has 0 bridgehead atoms. The third kappa shape index (κ3) is 4.54. The Balaban J connectivity index is 1.35. The van der Waals surface area contributed by atoms with Crippen LogP contribution in [0, 0.1) is 5.92 Å². The predicted molar refractivity (Wildman–Crippen MR) is 109 cm³/mol. The summed E-state index contributed by atoms with van der Waals surface area (Å²) in [5, 5.41) is 24.0. The van der Waals surface area contributed by atoms with Gasteiger partial charge in [-0.05, 0) is 12.1 Å². The van der Waals surface area contributed by atoms with Crippen molar-refractivity contribution in [2.75, 3.05) is 23.3 Å². The zero-order valence-corrected chi connectivity index (χ0v) is 17.4. The molecule has 0 spiro atoms. The number of aliphatic hydroxyl groups excluding tert-OH is 2. The maximum atomic E-state index is 12.6. The van der Waals surface area contributed by atoms with Gasteiger partial charge in [-0.1, -0.05) is 0 Å². The second-order valence-corrected chi connectivity index (χ2v) is 8.67. The van der Waals surface area contributed by atoms with Crippen molar-refractivity contribution in [3.05, 3.63) is 40.0 Å². The lowest BCUT2D eigenvalue weighted by atomic mass is 9.99. The monoisotopic (exact) mass is 471 g/mol. The van der Waals surface area contributed by atoms with Crippen molar-refractivity contribution in [1.82, 2.24) is 15.0 Å². The number of thiazole rings is 2. The van der Waals surface area contributed by atoms with Gasteiger partial charge < -0.3 is 20.4 Å². The molecule has 1 amide bonds. The van der Waals surface area contributed by atoms with Gasteiger partial charge in [0.1, 0.15) is 10.8 Å². The lowest BCUT2D eigenvalue weighted by Crippen LogP contribution is -2.52. The molecule has 0 aliphatic carbocycles. The summed E-state index contributed by atoms with van der Waals surface area (Å²) in [5.41, 5.74) is 0.142. The first-order valence-electron chi connectivity index (χ1n) is 9.03. The van der Waals surface area contributed by atoms with Crippen molar-refractivity contribution in [3.8, 4) is 10.6 Å². The molecule has 164 valence electrons. The minimum atomic E-state index is -4.44. The fourth-order valence-corrected chi connectivity index (χ4v) is 4.66. The number of hydrogen-bond acceptors (Lipinski definition) is 9. The zero-order chi connectivity index (χ0) is 22.2. The smallest absolute Gasteiger partial charge is 0.390 e. The van der Waals surface area contributed by atoms with Crippen LogP contribution in [0.25, 0.3) is 10.6 Å². The molecule has 8 nitrogen and oxygen atoms in total. The number of aromatic nitrogens is 3. The van der Waals surface area contributed by atoms with Crippen LogP contribution in [0.2, 0.25) is 0 Å². The number of hydrogen-bond donors (Lipinski definition) is 3. The normalized spacial score (nSPS) is 14.5. The molecule has 1 aliphatic rings. The molecule has 3 aromatic heterocycles. The minimum absolute atomic E-state index is 0.239. The number of halogens is 3. The van der Waals surface area contributed by atoms with Crippen molar-refractivity contribution < 1.29 is 28.2 Å². The van der Waals surface area contributed by atoms with Crippen molar-refractivity contribution in [2.24, 2.45) is 5.92 Å². The van der Waals surface area contributed by atoms with Crippen molar-refractivity contribution in [2.45, 2.75) is 19.4 Å². The van der Waals surface area contributed by atoms with Crippen LogP contribution < -0.4 is 10.2 Å². The van der Waals surface area contributed by atoms with E-state index in [1.807, 2.05) is 0 Å². The number of pyridine rings is 1. The number of carbonyl (C=O) groups excluding carboxylic acids is 1. The summed E-state index contributed by atoms with van der Waals surface area (Å²) in [6.45, 7) is 0.149. The molecule has 0 unspecified atom stereocenters. The molecular weight excluding hydrogens is 455 g/mol. The van der Waals surface area contributed by atoms with Gasteiger partial charge in [-0.25, -0.2) is 15.0 Å². The minimum Gasteiger partial charge on any atom is -0.390 e. The summed E-state index contributed by atoms with van der Waals surface area (Å²) in [6.07, 6.45) is -3.66. The molecule has 0 radical (unpaired) electrons. The molecule has 0 aromatic carbocycles. The van der Waals surface area contributed by atoms with E-state index < -0.39 is 11.7 Å². The van der Waals surface area contributed by atoms with Crippen LogP contribution in [0.5, 0.6) is 0 Å². The number of nitrogens with zero attached hydrogens (tertiary/aromatic N) is 4. The first-order chi connectivity index (χ1) is 14.8. The maximum absolute atomic E-state index is 12.6. The Bertz CT molecular complexity index is 1080. The number of rotatable bonds is 6. The molecule has 0 saturated carbocycles. The van der Waals surface area contributed by atoms with E-state index in [1.54, 1.807) is 10.3 Å². The fraction of sp³-hybridized carbons (Fsp3) is 0.333. The van der Waals surface area contributed by atoms with E-state index in [9.17, 15) is 28.2 Å². The Morgan fingerprint density at radius 2 is 2.00 bits per heavy atom. The van der Waals surface area contributed by atoms with E-state index in [4.69, 9.17) is 0 Å². The van der Waals surface area contributed by atoms with Crippen LogP contribution >= 0.6 is 22.7 Å². The fourth-order valence-electron chi connectivity index (χ4n) is 2.99. The average Bonchev–Trinajstić information content (AvgIpc) is 3.32. The lowest BCUT2D eigenvalue weighted by molar-refractivity contribution is -0.137. The van der Waals surface area contributed by atoms with Gasteiger partial charge in [0.25, 0.3) is 0 Å². The van der Waals surface area contributed by atoms with Crippen LogP contribution in [0.15, 0.2) is 23.7 Å². The highest BCUT2D eigenvalue weighted by molar-refractivity contribution is 7.17. The summed E-state index contributed by atoms with van der Waals surface area (Å²) < 4.78 is 37.9. The molecule has 1 aliphatic heterocycles. The number of amides is 1. The lowest BCUT2D eigenvalue weighted by Gasteiger charge is -2.38. The van der Waals surface area contributed by atoms with E-state index in [2.05, 4.69) is 20.3 Å². The second kappa shape index (κ2) is 8.49. The van der Waals surface area contributed by atoms with Crippen molar-refractivity contribution >= 4 is 39.5 Å². The van der Waals surface area contributed by atoms with Crippen LogP contribution in [0.1, 0.15) is 16.3 Å². The Morgan fingerprint density at radius 3 is 2.61 bits per heavy atom. The summed E-state index contributed by atoms with van der Waals surface area (Å²) in [5.74, 6) is -0.198. The molecule has 3 aromatic rings. The highest BCUT2D eigenvalue weighted by atomic mass is 32.1. The van der Waals surface area contributed by atoms with Gasteiger partial charge in [0.2, 0.25) is 5.91 Å². The first-order valence-corrected chi connectivity index (χ1v) is 10.7. The number of alkyl halides is 3. The van der Waals surface area contributed by atoms with Gasteiger partial charge in [0, 0.05) is 24.7 Å².